The topological polar surface area (TPSA) is 80.9 Å². The van der Waals surface area contributed by atoms with E-state index < -0.39 is 24.5 Å². The molecule has 96 valence electrons. The third kappa shape index (κ3) is 4.37. The second kappa shape index (κ2) is 5.11. The maximum absolute atomic E-state index is 12.0. The van der Waals surface area contributed by atoms with E-state index in [4.69, 9.17) is 5.11 Å². The Hall–Kier alpha value is -1.67. The van der Waals surface area contributed by atoms with Crippen molar-refractivity contribution in [3.8, 4) is 0 Å². The number of hydrogen-bond donors (Lipinski definition) is 1. The zero-order valence-electron chi connectivity index (χ0n) is 8.98. The maximum Gasteiger partial charge on any atom is 0.389 e. The third-order valence-corrected chi connectivity index (χ3v) is 2.11. The molecule has 0 aromatic carbocycles. The number of aliphatic carboxylic acids is 1. The third-order valence-electron chi connectivity index (χ3n) is 2.11. The molecule has 0 aliphatic carbocycles. The summed E-state index contributed by atoms with van der Waals surface area (Å²) in [5.41, 5.74) is 0. The van der Waals surface area contributed by atoms with Gasteiger partial charge in [-0.3, -0.25) is 4.79 Å². The van der Waals surface area contributed by atoms with Gasteiger partial charge in [0.25, 0.3) is 0 Å². The predicted molar refractivity (Wildman–Crippen MR) is 49.0 cm³/mol. The number of hydrogen-bond acceptors (Lipinski definition) is 4. The molecule has 0 radical (unpaired) electrons. The van der Waals surface area contributed by atoms with Crippen LogP contribution in [-0.4, -0.2) is 37.5 Å². The van der Waals surface area contributed by atoms with Crippen molar-refractivity contribution in [2.75, 3.05) is 0 Å². The molecule has 1 rings (SSSR count). The molecule has 0 aliphatic rings. The Morgan fingerprint density at radius 3 is 2.71 bits per heavy atom. The summed E-state index contributed by atoms with van der Waals surface area (Å²) in [6.45, 7) is 1.38. The number of carbonyl (C=O) groups is 1. The van der Waals surface area contributed by atoms with Gasteiger partial charge in [-0.25, -0.2) is 4.68 Å². The minimum Gasteiger partial charge on any atom is -0.481 e. The van der Waals surface area contributed by atoms with Crippen LogP contribution in [0.25, 0.3) is 0 Å². The zero-order valence-corrected chi connectivity index (χ0v) is 8.98. The molecular formula is C8H11F3N4O2. The Morgan fingerprint density at radius 2 is 2.18 bits per heavy atom. The number of halogens is 3. The van der Waals surface area contributed by atoms with Gasteiger partial charge >= 0.3 is 12.1 Å². The van der Waals surface area contributed by atoms with Crippen molar-refractivity contribution >= 4 is 5.97 Å². The molecule has 1 atom stereocenters. The number of tetrazole rings is 1. The van der Waals surface area contributed by atoms with Gasteiger partial charge in [0, 0.05) is 6.42 Å². The van der Waals surface area contributed by atoms with Crippen molar-refractivity contribution in [3.05, 3.63) is 5.82 Å². The molecular weight excluding hydrogens is 241 g/mol. The Bertz CT molecular complexity index is 390. The van der Waals surface area contributed by atoms with E-state index in [1.54, 1.807) is 0 Å². The summed E-state index contributed by atoms with van der Waals surface area (Å²) >= 11 is 0. The normalized spacial score (nSPS) is 13.6. The fraction of sp³-hybridized carbons (Fsp3) is 0.750. The highest BCUT2D eigenvalue weighted by Gasteiger charge is 2.28. The Balaban J connectivity index is 2.63. The number of aromatic nitrogens is 4. The molecule has 9 heteroatoms. The number of alkyl halides is 3. The van der Waals surface area contributed by atoms with Crippen LogP contribution >= 0.6 is 0 Å². The van der Waals surface area contributed by atoms with E-state index in [1.165, 1.54) is 6.92 Å². The van der Waals surface area contributed by atoms with Crippen LogP contribution < -0.4 is 0 Å². The highest BCUT2D eigenvalue weighted by atomic mass is 19.4. The lowest BCUT2D eigenvalue weighted by Crippen LogP contribution is -2.20. The molecule has 6 nitrogen and oxygen atoms in total. The molecule has 17 heavy (non-hydrogen) atoms. The molecule has 0 aliphatic heterocycles. The minimum atomic E-state index is -4.28. The first-order valence-corrected chi connectivity index (χ1v) is 4.84. The van der Waals surface area contributed by atoms with Crippen LogP contribution in [0.1, 0.15) is 19.2 Å². The van der Waals surface area contributed by atoms with Gasteiger partial charge in [0.2, 0.25) is 0 Å². The molecule has 1 aromatic heterocycles. The summed E-state index contributed by atoms with van der Waals surface area (Å²) in [6.07, 6.45) is -5.67. The number of carboxylic acids is 1. The van der Waals surface area contributed by atoms with Crippen LogP contribution in [0.5, 0.6) is 0 Å². The summed E-state index contributed by atoms with van der Waals surface area (Å²) in [5, 5.41) is 18.8. The first-order valence-electron chi connectivity index (χ1n) is 4.84. The van der Waals surface area contributed by atoms with E-state index >= 15 is 0 Å². The highest BCUT2D eigenvalue weighted by Crippen LogP contribution is 2.21. The second-order valence-electron chi connectivity index (χ2n) is 3.63. The number of nitrogens with zero attached hydrogens (tertiary/aromatic N) is 4. The standard InChI is InChI=1S/C8H11F3N4O2/c1-5(7(16)17)4-15-6(12-13-14-15)2-3-8(9,10)11/h5H,2-4H2,1H3,(H,16,17). The molecule has 1 unspecified atom stereocenters. The van der Waals surface area contributed by atoms with E-state index in [-0.39, 0.29) is 18.8 Å². The lowest BCUT2D eigenvalue weighted by atomic mass is 10.2. The predicted octanol–water partition coefficient (Wildman–Crippen LogP) is 0.889. The highest BCUT2D eigenvalue weighted by molar-refractivity contribution is 5.69. The SMILES string of the molecule is CC(Cn1nnnc1CCC(F)(F)F)C(=O)O. The Labute approximate surface area is 94.4 Å². The quantitative estimate of drug-likeness (QED) is 0.841. The zero-order chi connectivity index (χ0) is 13.1. The van der Waals surface area contributed by atoms with Crippen molar-refractivity contribution in [1.29, 1.82) is 0 Å². The Morgan fingerprint density at radius 1 is 1.53 bits per heavy atom. The van der Waals surface area contributed by atoms with Crippen LogP contribution in [0.2, 0.25) is 0 Å². The van der Waals surface area contributed by atoms with Gasteiger partial charge in [-0.05, 0) is 10.4 Å². The van der Waals surface area contributed by atoms with Gasteiger partial charge in [-0.1, -0.05) is 6.92 Å². The van der Waals surface area contributed by atoms with Gasteiger partial charge in [0.1, 0.15) is 0 Å². The fourth-order valence-corrected chi connectivity index (χ4v) is 1.14. The summed E-state index contributed by atoms with van der Waals surface area (Å²) in [4.78, 5) is 10.6. The average molecular weight is 252 g/mol. The first-order chi connectivity index (χ1) is 7.79. The molecule has 1 N–H and O–H groups in total. The number of rotatable bonds is 5. The van der Waals surface area contributed by atoms with Gasteiger partial charge in [-0.15, -0.1) is 5.10 Å². The summed E-state index contributed by atoms with van der Waals surface area (Å²) < 4.78 is 37.1. The van der Waals surface area contributed by atoms with Crippen molar-refractivity contribution in [1.82, 2.24) is 20.2 Å². The summed E-state index contributed by atoms with van der Waals surface area (Å²) in [6, 6.07) is 0. The number of carboxylic acid groups (broad SMARTS) is 1. The average Bonchev–Trinajstić information content (AvgIpc) is 2.61. The fourth-order valence-electron chi connectivity index (χ4n) is 1.14. The lowest BCUT2D eigenvalue weighted by Gasteiger charge is -2.08. The molecule has 0 saturated carbocycles. The van der Waals surface area contributed by atoms with Gasteiger partial charge in [0.05, 0.1) is 18.9 Å². The first kappa shape index (κ1) is 13.4. The smallest absolute Gasteiger partial charge is 0.389 e. The van der Waals surface area contributed by atoms with Crippen LogP contribution in [0.3, 0.4) is 0 Å². The number of aryl methyl sites for hydroxylation is 1. The molecule has 1 heterocycles. The Kier molecular flexibility index (Phi) is 4.02. The molecule has 0 spiro atoms. The van der Waals surface area contributed by atoms with Crippen LogP contribution in [0.4, 0.5) is 13.2 Å². The summed E-state index contributed by atoms with van der Waals surface area (Å²) in [7, 11) is 0. The molecule has 0 bridgehead atoms. The lowest BCUT2D eigenvalue weighted by molar-refractivity contribution is -0.142. The van der Waals surface area contributed by atoms with E-state index in [0.717, 1.165) is 4.68 Å². The van der Waals surface area contributed by atoms with Crippen LogP contribution in [0, 0.1) is 5.92 Å². The van der Waals surface area contributed by atoms with Gasteiger partial charge < -0.3 is 5.11 Å². The molecule has 0 saturated heterocycles. The van der Waals surface area contributed by atoms with E-state index in [9.17, 15) is 18.0 Å². The largest absolute Gasteiger partial charge is 0.481 e. The van der Waals surface area contributed by atoms with Crippen molar-refractivity contribution in [2.24, 2.45) is 5.92 Å². The van der Waals surface area contributed by atoms with Crippen molar-refractivity contribution < 1.29 is 23.1 Å². The van der Waals surface area contributed by atoms with Crippen LogP contribution in [-0.2, 0) is 17.8 Å². The second-order valence-corrected chi connectivity index (χ2v) is 3.63. The van der Waals surface area contributed by atoms with Crippen molar-refractivity contribution in [2.45, 2.75) is 32.5 Å². The minimum absolute atomic E-state index is 0.0374. The van der Waals surface area contributed by atoms with Crippen molar-refractivity contribution in [3.63, 3.8) is 0 Å². The van der Waals surface area contributed by atoms with Crippen LogP contribution in [0.15, 0.2) is 0 Å². The van der Waals surface area contributed by atoms with E-state index in [1.807, 2.05) is 0 Å². The monoisotopic (exact) mass is 252 g/mol. The molecule has 1 aromatic rings. The maximum atomic E-state index is 12.0. The molecule has 0 amide bonds. The summed E-state index contributed by atoms with van der Waals surface area (Å²) in [5.74, 6) is -1.78. The van der Waals surface area contributed by atoms with E-state index in [0.29, 0.717) is 0 Å². The van der Waals surface area contributed by atoms with Gasteiger partial charge in [0.15, 0.2) is 5.82 Å². The molecule has 0 fully saturated rings. The van der Waals surface area contributed by atoms with E-state index in [2.05, 4.69) is 15.5 Å². The van der Waals surface area contributed by atoms with Gasteiger partial charge in [-0.2, -0.15) is 13.2 Å².